The molecule has 6 heteroatoms. The van der Waals surface area contributed by atoms with Crippen molar-refractivity contribution in [3.8, 4) is 5.75 Å². The fraction of sp³-hybridized carbons (Fsp3) is 0.364. The molecule has 1 heterocycles. The van der Waals surface area contributed by atoms with Crippen LogP contribution in [0.1, 0.15) is 29.5 Å². The maximum absolute atomic E-state index is 11.6. The van der Waals surface area contributed by atoms with E-state index in [0.29, 0.717) is 0 Å². The normalized spacial score (nSPS) is 12.1. The fourth-order valence-corrected chi connectivity index (χ4v) is 1.32. The number of carbonyl (C=O) groups is 2. The second kappa shape index (κ2) is 4.82. The number of aliphatic carboxylic acids is 1. The van der Waals surface area contributed by atoms with Gasteiger partial charge < -0.3 is 14.6 Å². The topological polar surface area (TPSA) is 105 Å². The summed E-state index contributed by atoms with van der Waals surface area (Å²) in [6, 6.07) is 1.14. The molecule has 0 saturated heterocycles. The molecule has 0 radical (unpaired) electrons. The van der Waals surface area contributed by atoms with Gasteiger partial charge in [0.25, 0.3) is 0 Å². The van der Waals surface area contributed by atoms with Gasteiger partial charge in [0.1, 0.15) is 17.1 Å². The van der Waals surface area contributed by atoms with E-state index in [1.165, 1.54) is 13.8 Å². The van der Waals surface area contributed by atoms with E-state index < -0.39 is 34.6 Å². The minimum absolute atomic E-state index is 0.176. The second-order valence-corrected chi connectivity index (χ2v) is 3.77. The van der Waals surface area contributed by atoms with Gasteiger partial charge in [-0.1, -0.05) is 6.92 Å². The first-order valence-electron chi connectivity index (χ1n) is 4.92. The van der Waals surface area contributed by atoms with Gasteiger partial charge in [-0.25, -0.2) is 4.79 Å². The number of ketones is 1. The second-order valence-electron chi connectivity index (χ2n) is 3.77. The summed E-state index contributed by atoms with van der Waals surface area (Å²) in [5.74, 6) is -3.13. The molecule has 1 atom stereocenters. The molecule has 0 bridgehead atoms. The van der Waals surface area contributed by atoms with E-state index in [2.05, 4.69) is 4.42 Å². The van der Waals surface area contributed by atoms with Gasteiger partial charge in [0.05, 0.1) is 5.92 Å². The summed E-state index contributed by atoms with van der Waals surface area (Å²) >= 11 is 0. The largest absolute Gasteiger partial charge is 0.507 e. The molecule has 1 aromatic heterocycles. The number of hydrogen-bond donors (Lipinski definition) is 2. The first-order valence-corrected chi connectivity index (χ1v) is 4.92. The van der Waals surface area contributed by atoms with Crippen molar-refractivity contribution in [2.24, 2.45) is 5.92 Å². The zero-order valence-corrected chi connectivity index (χ0v) is 9.39. The summed E-state index contributed by atoms with van der Waals surface area (Å²) in [4.78, 5) is 33.6. The Morgan fingerprint density at radius 1 is 1.47 bits per heavy atom. The highest BCUT2D eigenvalue weighted by atomic mass is 16.4. The summed E-state index contributed by atoms with van der Waals surface area (Å²) < 4.78 is 4.67. The molecular weight excluding hydrogens is 228 g/mol. The Bertz CT molecular complexity index is 513. The van der Waals surface area contributed by atoms with Gasteiger partial charge in [0, 0.05) is 12.5 Å². The van der Waals surface area contributed by atoms with Gasteiger partial charge in [-0.05, 0) is 6.92 Å². The van der Waals surface area contributed by atoms with Crippen molar-refractivity contribution in [2.75, 3.05) is 0 Å². The minimum Gasteiger partial charge on any atom is -0.507 e. The van der Waals surface area contributed by atoms with Gasteiger partial charge in [-0.3, -0.25) is 9.59 Å². The van der Waals surface area contributed by atoms with Crippen LogP contribution in [0.25, 0.3) is 0 Å². The highest BCUT2D eigenvalue weighted by molar-refractivity contribution is 5.99. The summed E-state index contributed by atoms with van der Waals surface area (Å²) in [6.45, 7) is 2.79. The van der Waals surface area contributed by atoms with Crippen LogP contribution in [0.2, 0.25) is 0 Å². The molecule has 0 aliphatic carbocycles. The van der Waals surface area contributed by atoms with E-state index in [4.69, 9.17) is 5.11 Å². The van der Waals surface area contributed by atoms with Crippen LogP contribution < -0.4 is 5.63 Å². The Morgan fingerprint density at radius 3 is 2.53 bits per heavy atom. The quantitative estimate of drug-likeness (QED) is 0.759. The Hall–Kier alpha value is -2.11. The molecule has 1 rings (SSSR count). The third-order valence-corrected chi connectivity index (χ3v) is 2.25. The van der Waals surface area contributed by atoms with Crippen molar-refractivity contribution >= 4 is 11.8 Å². The molecule has 0 spiro atoms. The van der Waals surface area contributed by atoms with Crippen molar-refractivity contribution in [2.45, 2.75) is 20.3 Å². The van der Waals surface area contributed by atoms with Gasteiger partial charge in [-0.15, -0.1) is 0 Å². The average molecular weight is 240 g/mol. The van der Waals surface area contributed by atoms with Crippen LogP contribution in [0.4, 0.5) is 0 Å². The number of aromatic hydroxyl groups is 1. The van der Waals surface area contributed by atoms with E-state index in [-0.39, 0.29) is 12.2 Å². The van der Waals surface area contributed by atoms with Crippen LogP contribution in [0, 0.1) is 12.8 Å². The number of aryl methyl sites for hydroxylation is 1. The minimum atomic E-state index is -1.14. The molecule has 0 aliphatic rings. The maximum atomic E-state index is 11.6. The maximum Gasteiger partial charge on any atom is 0.350 e. The van der Waals surface area contributed by atoms with Gasteiger partial charge in [0.15, 0.2) is 5.78 Å². The number of carboxylic acids is 1. The third-order valence-electron chi connectivity index (χ3n) is 2.25. The molecule has 92 valence electrons. The van der Waals surface area contributed by atoms with Crippen LogP contribution in [0.5, 0.6) is 5.75 Å². The molecule has 0 fully saturated rings. The van der Waals surface area contributed by atoms with Crippen LogP contribution >= 0.6 is 0 Å². The Morgan fingerprint density at radius 2 is 2.06 bits per heavy atom. The van der Waals surface area contributed by atoms with Gasteiger partial charge in [0.2, 0.25) is 0 Å². The molecule has 2 N–H and O–H groups in total. The predicted molar refractivity (Wildman–Crippen MR) is 57.1 cm³/mol. The van der Waals surface area contributed by atoms with Crippen molar-refractivity contribution in [1.29, 1.82) is 0 Å². The zero-order valence-electron chi connectivity index (χ0n) is 9.39. The number of carboxylic acid groups (broad SMARTS) is 1. The smallest absolute Gasteiger partial charge is 0.350 e. The molecule has 0 saturated carbocycles. The van der Waals surface area contributed by atoms with Crippen molar-refractivity contribution < 1.29 is 24.2 Å². The Labute approximate surface area is 96.5 Å². The molecule has 17 heavy (non-hydrogen) atoms. The zero-order chi connectivity index (χ0) is 13.2. The number of carbonyl (C=O) groups excluding carboxylic acids is 1. The Balaban J connectivity index is 3.06. The lowest BCUT2D eigenvalue weighted by Crippen LogP contribution is -2.20. The van der Waals surface area contributed by atoms with E-state index in [1.54, 1.807) is 0 Å². The van der Waals surface area contributed by atoms with Crippen molar-refractivity contribution in [1.82, 2.24) is 0 Å². The Kier molecular flexibility index (Phi) is 3.67. The van der Waals surface area contributed by atoms with E-state index >= 15 is 0 Å². The molecule has 1 aromatic rings. The lowest BCUT2D eigenvalue weighted by atomic mass is 10.0. The van der Waals surface area contributed by atoms with Crippen LogP contribution in [-0.2, 0) is 4.79 Å². The third kappa shape index (κ3) is 2.93. The van der Waals surface area contributed by atoms with Gasteiger partial charge >= 0.3 is 11.6 Å². The van der Waals surface area contributed by atoms with Crippen LogP contribution in [0.3, 0.4) is 0 Å². The SMILES string of the molecule is Cc1cc(O)c(C(=O)CC(C)C(=O)O)c(=O)o1. The molecule has 0 aromatic carbocycles. The average Bonchev–Trinajstić information content (AvgIpc) is 2.15. The predicted octanol–water partition coefficient (Wildman–Crippen LogP) is 0.947. The standard InChI is InChI=1S/C11H12O6/c1-5(10(14)15)3-7(12)9-8(13)4-6(2)17-11(9)16/h4-5,13H,3H2,1-2H3,(H,14,15). The number of rotatable bonds is 4. The van der Waals surface area contributed by atoms with E-state index in [1.807, 2.05) is 0 Å². The lowest BCUT2D eigenvalue weighted by Gasteiger charge is -2.05. The summed E-state index contributed by atoms with van der Waals surface area (Å²) in [6.07, 6.45) is -0.364. The van der Waals surface area contributed by atoms with Crippen molar-refractivity contribution in [3.63, 3.8) is 0 Å². The fourth-order valence-electron chi connectivity index (χ4n) is 1.32. The summed E-state index contributed by atoms with van der Waals surface area (Å²) in [7, 11) is 0. The highest BCUT2D eigenvalue weighted by Gasteiger charge is 2.23. The van der Waals surface area contributed by atoms with Crippen LogP contribution in [0.15, 0.2) is 15.3 Å². The first-order chi connectivity index (χ1) is 7.82. The van der Waals surface area contributed by atoms with E-state index in [0.717, 1.165) is 6.07 Å². The molecular formula is C11H12O6. The van der Waals surface area contributed by atoms with Gasteiger partial charge in [-0.2, -0.15) is 0 Å². The summed E-state index contributed by atoms with van der Waals surface area (Å²) in [5, 5.41) is 18.1. The van der Waals surface area contributed by atoms with Crippen LogP contribution in [-0.4, -0.2) is 22.0 Å². The molecule has 6 nitrogen and oxygen atoms in total. The van der Waals surface area contributed by atoms with E-state index in [9.17, 15) is 19.5 Å². The monoisotopic (exact) mass is 240 g/mol. The van der Waals surface area contributed by atoms with Crippen molar-refractivity contribution in [3.05, 3.63) is 27.8 Å². The first kappa shape index (κ1) is 13.0. The molecule has 1 unspecified atom stereocenters. The number of Topliss-reactive ketones (excluding diaryl/α,β-unsaturated/α-hetero) is 1. The summed E-state index contributed by atoms with van der Waals surface area (Å²) in [5.41, 5.74) is -1.45. The molecule has 0 aliphatic heterocycles. The molecule has 0 amide bonds. The lowest BCUT2D eigenvalue weighted by molar-refractivity contribution is -0.141. The number of hydrogen-bond acceptors (Lipinski definition) is 5. The highest BCUT2D eigenvalue weighted by Crippen LogP contribution is 2.18.